The summed E-state index contributed by atoms with van der Waals surface area (Å²) in [5.74, 6) is 0. The van der Waals surface area contributed by atoms with Crippen LogP contribution in [-0.2, 0) is 0 Å². The standard InChI is InChI=1S/C14H22N2OS/c17-13(14-4-2-8-18-14)10-15-11-5-7-16-6-1-3-12(16)9-11/h2,4,8,11-13,15,17H,1,3,5-7,9-10H2. The van der Waals surface area contributed by atoms with Gasteiger partial charge in [0, 0.05) is 23.5 Å². The van der Waals surface area contributed by atoms with Crippen molar-refractivity contribution >= 4 is 11.3 Å². The summed E-state index contributed by atoms with van der Waals surface area (Å²) in [6.45, 7) is 3.23. The molecule has 2 aliphatic heterocycles. The highest BCUT2D eigenvalue weighted by molar-refractivity contribution is 7.10. The van der Waals surface area contributed by atoms with E-state index in [2.05, 4.69) is 10.2 Å². The third-order valence-electron chi connectivity index (χ3n) is 4.29. The van der Waals surface area contributed by atoms with Crippen molar-refractivity contribution in [2.24, 2.45) is 0 Å². The van der Waals surface area contributed by atoms with E-state index in [9.17, 15) is 5.11 Å². The highest BCUT2D eigenvalue weighted by Gasteiger charge is 2.31. The molecule has 1 aromatic heterocycles. The van der Waals surface area contributed by atoms with Crippen molar-refractivity contribution in [2.45, 2.75) is 43.9 Å². The van der Waals surface area contributed by atoms with E-state index >= 15 is 0 Å². The number of aliphatic hydroxyl groups excluding tert-OH is 1. The van der Waals surface area contributed by atoms with Gasteiger partial charge >= 0.3 is 0 Å². The fraction of sp³-hybridized carbons (Fsp3) is 0.714. The number of aliphatic hydroxyl groups is 1. The summed E-state index contributed by atoms with van der Waals surface area (Å²) < 4.78 is 0. The molecular weight excluding hydrogens is 244 g/mol. The lowest BCUT2D eigenvalue weighted by atomic mass is 9.97. The Labute approximate surface area is 113 Å². The van der Waals surface area contributed by atoms with E-state index in [1.54, 1.807) is 11.3 Å². The third kappa shape index (κ3) is 2.77. The van der Waals surface area contributed by atoms with Crippen molar-refractivity contribution in [3.05, 3.63) is 22.4 Å². The molecule has 0 amide bonds. The van der Waals surface area contributed by atoms with Crippen LogP contribution in [0.1, 0.15) is 36.7 Å². The molecule has 18 heavy (non-hydrogen) atoms. The second-order valence-electron chi connectivity index (χ2n) is 5.49. The minimum Gasteiger partial charge on any atom is -0.386 e. The van der Waals surface area contributed by atoms with Gasteiger partial charge in [0.1, 0.15) is 6.10 Å². The Balaban J connectivity index is 1.46. The Morgan fingerprint density at radius 1 is 1.44 bits per heavy atom. The number of thiophene rings is 1. The van der Waals surface area contributed by atoms with E-state index < -0.39 is 0 Å². The minimum atomic E-state index is -0.341. The van der Waals surface area contributed by atoms with Gasteiger partial charge in [-0.15, -0.1) is 11.3 Å². The van der Waals surface area contributed by atoms with E-state index in [1.165, 1.54) is 38.8 Å². The monoisotopic (exact) mass is 266 g/mol. The first-order valence-corrected chi connectivity index (χ1v) is 7.90. The van der Waals surface area contributed by atoms with Crippen LogP contribution in [0.4, 0.5) is 0 Å². The molecule has 2 aliphatic rings. The van der Waals surface area contributed by atoms with Crippen molar-refractivity contribution in [1.29, 1.82) is 0 Å². The van der Waals surface area contributed by atoms with Gasteiger partial charge in [0.25, 0.3) is 0 Å². The lowest BCUT2D eigenvalue weighted by Crippen LogP contribution is -2.46. The molecule has 4 heteroatoms. The maximum absolute atomic E-state index is 10.1. The fourth-order valence-electron chi connectivity index (χ4n) is 3.27. The normalized spacial score (nSPS) is 30.3. The molecule has 0 aromatic carbocycles. The Hall–Kier alpha value is -0.420. The van der Waals surface area contributed by atoms with Crippen molar-refractivity contribution in [2.75, 3.05) is 19.6 Å². The zero-order valence-electron chi connectivity index (χ0n) is 10.7. The van der Waals surface area contributed by atoms with Gasteiger partial charge in [0.2, 0.25) is 0 Å². The van der Waals surface area contributed by atoms with Crippen molar-refractivity contribution in [1.82, 2.24) is 10.2 Å². The van der Waals surface area contributed by atoms with Gasteiger partial charge in [-0.2, -0.15) is 0 Å². The molecule has 3 heterocycles. The number of nitrogens with zero attached hydrogens (tertiary/aromatic N) is 1. The molecule has 1 aromatic rings. The van der Waals surface area contributed by atoms with E-state index in [0.29, 0.717) is 12.6 Å². The molecule has 0 aliphatic carbocycles. The number of nitrogens with one attached hydrogen (secondary N) is 1. The summed E-state index contributed by atoms with van der Waals surface area (Å²) in [5, 5.41) is 15.6. The average Bonchev–Trinajstić information content (AvgIpc) is 3.05. The zero-order chi connectivity index (χ0) is 12.4. The van der Waals surface area contributed by atoms with Crippen LogP contribution in [0.2, 0.25) is 0 Å². The first kappa shape index (κ1) is 12.6. The molecule has 0 bridgehead atoms. The van der Waals surface area contributed by atoms with Gasteiger partial charge in [0.05, 0.1) is 0 Å². The number of rotatable bonds is 4. The summed E-state index contributed by atoms with van der Waals surface area (Å²) in [4.78, 5) is 3.70. The highest BCUT2D eigenvalue weighted by atomic mass is 32.1. The Kier molecular flexibility index (Phi) is 3.99. The van der Waals surface area contributed by atoms with Crippen LogP contribution in [-0.4, -0.2) is 41.7 Å². The van der Waals surface area contributed by atoms with Crippen LogP contribution in [0, 0.1) is 0 Å². The van der Waals surface area contributed by atoms with Crippen LogP contribution in [0.5, 0.6) is 0 Å². The van der Waals surface area contributed by atoms with Crippen LogP contribution >= 0.6 is 11.3 Å². The quantitative estimate of drug-likeness (QED) is 0.875. The van der Waals surface area contributed by atoms with Gasteiger partial charge in [-0.1, -0.05) is 6.07 Å². The van der Waals surface area contributed by atoms with Crippen LogP contribution < -0.4 is 5.32 Å². The molecule has 2 saturated heterocycles. The van der Waals surface area contributed by atoms with E-state index in [4.69, 9.17) is 0 Å². The van der Waals surface area contributed by atoms with Crippen LogP contribution in [0.3, 0.4) is 0 Å². The first-order chi connectivity index (χ1) is 8.83. The summed E-state index contributed by atoms with van der Waals surface area (Å²) in [7, 11) is 0. The number of hydrogen-bond acceptors (Lipinski definition) is 4. The predicted molar refractivity (Wildman–Crippen MR) is 74.9 cm³/mol. The average molecular weight is 266 g/mol. The zero-order valence-corrected chi connectivity index (χ0v) is 11.5. The summed E-state index contributed by atoms with van der Waals surface area (Å²) in [5.41, 5.74) is 0. The van der Waals surface area contributed by atoms with Crippen LogP contribution in [0.15, 0.2) is 17.5 Å². The van der Waals surface area contributed by atoms with Crippen molar-refractivity contribution in [3.8, 4) is 0 Å². The SMILES string of the molecule is OC(CNC1CCN2CCCC2C1)c1cccs1. The van der Waals surface area contributed by atoms with Crippen molar-refractivity contribution < 1.29 is 5.11 Å². The summed E-state index contributed by atoms with van der Waals surface area (Å²) in [6.07, 6.45) is 4.89. The van der Waals surface area contributed by atoms with Gasteiger partial charge in [-0.3, -0.25) is 0 Å². The van der Waals surface area contributed by atoms with E-state index in [0.717, 1.165) is 10.9 Å². The molecule has 0 radical (unpaired) electrons. The minimum absolute atomic E-state index is 0.341. The second kappa shape index (κ2) is 5.70. The van der Waals surface area contributed by atoms with E-state index in [1.807, 2.05) is 17.5 Å². The van der Waals surface area contributed by atoms with E-state index in [-0.39, 0.29) is 6.10 Å². The largest absolute Gasteiger partial charge is 0.386 e. The van der Waals surface area contributed by atoms with Gasteiger partial charge in [-0.05, 0) is 50.2 Å². The van der Waals surface area contributed by atoms with Crippen LogP contribution in [0.25, 0.3) is 0 Å². The Bertz CT molecular complexity index is 368. The topological polar surface area (TPSA) is 35.5 Å². The molecule has 3 atom stereocenters. The molecule has 0 saturated carbocycles. The molecule has 3 nitrogen and oxygen atoms in total. The Morgan fingerprint density at radius 2 is 2.39 bits per heavy atom. The molecular formula is C14H22N2OS. The van der Waals surface area contributed by atoms with Gasteiger partial charge in [-0.25, -0.2) is 0 Å². The first-order valence-electron chi connectivity index (χ1n) is 7.02. The molecule has 3 unspecified atom stereocenters. The molecule has 3 rings (SSSR count). The summed E-state index contributed by atoms with van der Waals surface area (Å²) >= 11 is 1.63. The third-order valence-corrected chi connectivity index (χ3v) is 5.27. The molecule has 2 fully saturated rings. The number of piperidine rings is 1. The highest BCUT2D eigenvalue weighted by Crippen LogP contribution is 2.27. The number of fused-ring (bicyclic) bond motifs is 1. The number of hydrogen-bond donors (Lipinski definition) is 2. The lowest BCUT2D eigenvalue weighted by molar-refractivity contribution is 0.140. The summed E-state index contributed by atoms with van der Waals surface area (Å²) in [6, 6.07) is 5.41. The molecule has 2 N–H and O–H groups in total. The molecule has 100 valence electrons. The second-order valence-corrected chi connectivity index (χ2v) is 6.47. The lowest BCUT2D eigenvalue weighted by Gasteiger charge is -2.35. The fourth-order valence-corrected chi connectivity index (χ4v) is 3.98. The van der Waals surface area contributed by atoms with Gasteiger partial charge < -0.3 is 15.3 Å². The maximum atomic E-state index is 10.1. The van der Waals surface area contributed by atoms with Crippen molar-refractivity contribution in [3.63, 3.8) is 0 Å². The predicted octanol–water partition coefficient (Wildman–Crippen LogP) is 2.00. The maximum Gasteiger partial charge on any atom is 0.101 e. The molecule has 0 spiro atoms. The van der Waals surface area contributed by atoms with Gasteiger partial charge in [0.15, 0.2) is 0 Å². The smallest absolute Gasteiger partial charge is 0.101 e. The Morgan fingerprint density at radius 3 is 3.22 bits per heavy atom.